The van der Waals surface area contributed by atoms with Crippen LogP contribution in [0.25, 0.3) is 0 Å². The van der Waals surface area contributed by atoms with Crippen LogP contribution in [0.3, 0.4) is 0 Å². The van der Waals surface area contributed by atoms with Crippen molar-refractivity contribution in [3.8, 4) is 0 Å². The van der Waals surface area contributed by atoms with Crippen LogP contribution in [0.4, 0.5) is 4.79 Å². The minimum atomic E-state index is -0.431. The summed E-state index contributed by atoms with van der Waals surface area (Å²) in [4.78, 5) is 13.9. The molecule has 1 aromatic rings. The van der Waals surface area contributed by atoms with E-state index in [1.54, 1.807) is 4.90 Å². The number of carbonyl (C=O) groups excluding carboxylic acids is 1. The zero-order valence-electron chi connectivity index (χ0n) is 14.8. The Bertz CT molecular complexity index is 488. The summed E-state index contributed by atoms with van der Waals surface area (Å²) < 4.78 is 5.46. The van der Waals surface area contributed by atoms with Crippen molar-refractivity contribution in [1.82, 2.24) is 10.2 Å². The highest BCUT2D eigenvalue weighted by Gasteiger charge is 2.29. The van der Waals surface area contributed by atoms with Crippen LogP contribution in [0.1, 0.15) is 52.0 Å². The van der Waals surface area contributed by atoms with Crippen molar-refractivity contribution in [2.45, 2.75) is 70.7 Å². The smallest absolute Gasteiger partial charge is 0.410 e. The zero-order valence-corrected chi connectivity index (χ0v) is 14.8. The van der Waals surface area contributed by atoms with E-state index in [4.69, 9.17) is 4.74 Å². The number of benzene rings is 1. The Balaban J connectivity index is 1.74. The van der Waals surface area contributed by atoms with E-state index < -0.39 is 5.60 Å². The van der Waals surface area contributed by atoms with Crippen LogP contribution >= 0.6 is 0 Å². The first-order valence-electron chi connectivity index (χ1n) is 8.58. The second-order valence-corrected chi connectivity index (χ2v) is 7.46. The molecule has 2 rings (SSSR count). The lowest BCUT2D eigenvalue weighted by atomic mass is 9.90. The van der Waals surface area contributed by atoms with Crippen molar-refractivity contribution in [2.24, 2.45) is 0 Å². The Labute approximate surface area is 140 Å². The molecule has 1 aliphatic carbocycles. The Hall–Kier alpha value is -1.55. The molecule has 1 amide bonds. The van der Waals surface area contributed by atoms with Gasteiger partial charge in [-0.2, -0.15) is 0 Å². The first kappa shape index (κ1) is 17.8. The van der Waals surface area contributed by atoms with E-state index in [2.05, 4.69) is 29.6 Å². The molecule has 1 N–H and O–H groups in total. The number of nitrogens with zero attached hydrogens (tertiary/aromatic N) is 1. The highest BCUT2D eigenvalue weighted by Crippen LogP contribution is 2.24. The van der Waals surface area contributed by atoms with Gasteiger partial charge in [-0.3, -0.25) is 0 Å². The summed E-state index contributed by atoms with van der Waals surface area (Å²) in [5.41, 5.74) is 0.889. The highest BCUT2D eigenvalue weighted by atomic mass is 16.6. The SMILES string of the molecule is CN(C(=O)OC(C)(C)C)C1CCC(NCc2ccccc2)CC1. The van der Waals surface area contributed by atoms with Crippen molar-refractivity contribution < 1.29 is 9.53 Å². The maximum Gasteiger partial charge on any atom is 0.410 e. The molecule has 0 aromatic heterocycles. The quantitative estimate of drug-likeness (QED) is 0.914. The molecule has 0 radical (unpaired) electrons. The number of amides is 1. The lowest BCUT2D eigenvalue weighted by Crippen LogP contribution is -2.44. The fourth-order valence-electron chi connectivity index (χ4n) is 3.01. The Morgan fingerprint density at radius 2 is 1.78 bits per heavy atom. The van der Waals surface area contributed by atoms with Crippen LogP contribution in [0, 0.1) is 0 Å². The Morgan fingerprint density at radius 3 is 2.35 bits per heavy atom. The van der Waals surface area contributed by atoms with Gasteiger partial charge in [0.05, 0.1) is 0 Å². The molecule has 0 spiro atoms. The van der Waals surface area contributed by atoms with Gasteiger partial charge in [-0.15, -0.1) is 0 Å². The van der Waals surface area contributed by atoms with Crippen molar-refractivity contribution in [3.63, 3.8) is 0 Å². The lowest BCUT2D eigenvalue weighted by Gasteiger charge is -2.35. The fourth-order valence-corrected chi connectivity index (χ4v) is 3.01. The van der Waals surface area contributed by atoms with Crippen molar-refractivity contribution in [2.75, 3.05) is 7.05 Å². The maximum atomic E-state index is 12.1. The number of ether oxygens (including phenoxy) is 1. The summed E-state index contributed by atoms with van der Waals surface area (Å²) in [5, 5.41) is 3.63. The average molecular weight is 318 g/mol. The zero-order chi connectivity index (χ0) is 16.9. The highest BCUT2D eigenvalue weighted by molar-refractivity contribution is 5.68. The molecule has 23 heavy (non-hydrogen) atoms. The monoisotopic (exact) mass is 318 g/mol. The summed E-state index contributed by atoms with van der Waals surface area (Å²) in [7, 11) is 1.86. The number of rotatable bonds is 4. The summed E-state index contributed by atoms with van der Waals surface area (Å²) in [6, 6.07) is 11.3. The predicted molar refractivity (Wildman–Crippen MR) is 93.3 cm³/mol. The van der Waals surface area contributed by atoms with Crippen LogP contribution in [0.2, 0.25) is 0 Å². The molecule has 128 valence electrons. The molecule has 1 aromatic carbocycles. The minimum Gasteiger partial charge on any atom is -0.444 e. The third-order valence-electron chi connectivity index (χ3n) is 4.36. The van der Waals surface area contributed by atoms with Gasteiger partial charge in [0.2, 0.25) is 0 Å². The molecule has 1 aliphatic rings. The van der Waals surface area contributed by atoms with Gasteiger partial charge in [0.15, 0.2) is 0 Å². The van der Waals surface area contributed by atoms with Crippen LogP contribution in [-0.4, -0.2) is 35.7 Å². The number of carbonyl (C=O) groups is 1. The summed E-state index contributed by atoms with van der Waals surface area (Å²) in [6.45, 7) is 6.63. The molecule has 0 atom stereocenters. The van der Waals surface area contributed by atoms with Crippen molar-refractivity contribution in [3.05, 3.63) is 35.9 Å². The van der Waals surface area contributed by atoms with E-state index in [-0.39, 0.29) is 6.09 Å². The normalized spacial score (nSPS) is 21.7. The molecule has 0 heterocycles. The molecule has 4 nitrogen and oxygen atoms in total. The third-order valence-corrected chi connectivity index (χ3v) is 4.36. The third kappa shape index (κ3) is 5.87. The first-order valence-corrected chi connectivity index (χ1v) is 8.58. The second kappa shape index (κ2) is 7.82. The average Bonchev–Trinajstić information content (AvgIpc) is 2.52. The standard InChI is InChI=1S/C19H30N2O2/c1-19(2,3)23-18(22)21(4)17-12-10-16(11-13-17)20-14-15-8-6-5-7-9-15/h5-9,16-17,20H,10-14H2,1-4H3. The van der Waals surface area contributed by atoms with E-state index in [1.807, 2.05) is 33.9 Å². The number of hydrogen-bond acceptors (Lipinski definition) is 3. The molecule has 4 heteroatoms. The largest absolute Gasteiger partial charge is 0.444 e. The molecule has 1 saturated carbocycles. The molecule has 1 fully saturated rings. The summed E-state index contributed by atoms with van der Waals surface area (Å²) in [6.07, 6.45) is 4.05. The van der Waals surface area contributed by atoms with Gasteiger partial charge in [0, 0.05) is 25.7 Å². The van der Waals surface area contributed by atoms with Gasteiger partial charge in [-0.1, -0.05) is 30.3 Å². The fraction of sp³-hybridized carbons (Fsp3) is 0.632. The van der Waals surface area contributed by atoms with Crippen molar-refractivity contribution in [1.29, 1.82) is 0 Å². The van der Waals surface area contributed by atoms with Crippen LogP contribution < -0.4 is 5.32 Å². The second-order valence-electron chi connectivity index (χ2n) is 7.46. The van der Waals surface area contributed by atoms with Gasteiger partial charge in [-0.25, -0.2) is 4.79 Å². The van der Waals surface area contributed by atoms with E-state index in [0.29, 0.717) is 12.1 Å². The molecular weight excluding hydrogens is 288 g/mol. The minimum absolute atomic E-state index is 0.210. The first-order chi connectivity index (χ1) is 10.8. The van der Waals surface area contributed by atoms with Gasteiger partial charge in [0.25, 0.3) is 0 Å². The predicted octanol–water partition coefficient (Wildman–Crippen LogP) is 3.95. The molecule has 0 aliphatic heterocycles. The van der Waals surface area contributed by atoms with Gasteiger partial charge in [0.1, 0.15) is 5.60 Å². The molecule has 0 saturated heterocycles. The summed E-state index contributed by atoms with van der Waals surface area (Å²) in [5.74, 6) is 0. The van der Waals surface area contributed by atoms with Crippen LogP contribution in [-0.2, 0) is 11.3 Å². The van der Waals surface area contributed by atoms with Crippen LogP contribution in [0.15, 0.2) is 30.3 Å². The molecular formula is C19H30N2O2. The van der Waals surface area contributed by atoms with Crippen LogP contribution in [0.5, 0.6) is 0 Å². The number of nitrogens with one attached hydrogen (secondary N) is 1. The van der Waals surface area contributed by atoms with E-state index in [1.165, 1.54) is 5.56 Å². The van der Waals surface area contributed by atoms with Crippen molar-refractivity contribution >= 4 is 6.09 Å². The Morgan fingerprint density at radius 1 is 1.17 bits per heavy atom. The van der Waals surface area contributed by atoms with Gasteiger partial charge >= 0.3 is 6.09 Å². The van der Waals surface area contributed by atoms with E-state index in [0.717, 1.165) is 32.2 Å². The topological polar surface area (TPSA) is 41.6 Å². The van der Waals surface area contributed by atoms with Gasteiger partial charge < -0.3 is 15.0 Å². The molecule has 0 unspecified atom stereocenters. The van der Waals surface area contributed by atoms with Gasteiger partial charge in [-0.05, 0) is 52.0 Å². The lowest BCUT2D eigenvalue weighted by molar-refractivity contribution is 0.0179. The maximum absolute atomic E-state index is 12.1. The molecule has 0 bridgehead atoms. The summed E-state index contributed by atoms with van der Waals surface area (Å²) >= 11 is 0. The van der Waals surface area contributed by atoms with E-state index in [9.17, 15) is 4.79 Å². The number of hydrogen-bond donors (Lipinski definition) is 1. The van der Waals surface area contributed by atoms with E-state index >= 15 is 0 Å². The Kier molecular flexibility index (Phi) is 6.05.